The Morgan fingerprint density at radius 2 is 2.41 bits per heavy atom. The summed E-state index contributed by atoms with van der Waals surface area (Å²) in [6, 6.07) is 5.91. The molecule has 0 aromatic carbocycles. The number of rotatable bonds is 2. The minimum atomic E-state index is 0.949. The molecule has 0 spiro atoms. The third-order valence-corrected chi connectivity index (χ3v) is 3.47. The molecule has 1 fully saturated rings. The van der Waals surface area contributed by atoms with Gasteiger partial charge in [-0.25, -0.2) is 4.68 Å². The maximum absolute atomic E-state index is 4.50. The topological polar surface area (TPSA) is 42.7 Å². The van der Waals surface area contributed by atoms with Crippen LogP contribution in [0.5, 0.6) is 0 Å². The van der Waals surface area contributed by atoms with E-state index in [9.17, 15) is 0 Å². The fraction of sp³-hybridized carbons (Fsp3) is 0.167. The van der Waals surface area contributed by atoms with E-state index < -0.39 is 0 Å². The fourth-order valence-corrected chi connectivity index (χ4v) is 2.47. The summed E-state index contributed by atoms with van der Waals surface area (Å²) in [6.07, 6.45) is 7.64. The second-order valence-electron chi connectivity index (χ2n) is 3.72. The molecule has 0 unspecified atom stereocenters. The van der Waals surface area contributed by atoms with Crippen molar-refractivity contribution < 1.29 is 0 Å². The molecule has 0 radical (unpaired) electrons. The number of pyridine rings is 1. The minimum Gasteiger partial charge on any atom is -0.303 e. The van der Waals surface area contributed by atoms with E-state index in [-0.39, 0.29) is 0 Å². The van der Waals surface area contributed by atoms with Gasteiger partial charge in [-0.05, 0) is 24.3 Å². The summed E-state index contributed by atoms with van der Waals surface area (Å²) in [4.78, 5) is 5.42. The highest BCUT2D eigenvalue weighted by atomic mass is 32.2. The number of aromatic nitrogens is 3. The highest BCUT2D eigenvalue weighted by Gasteiger charge is 2.07. The predicted octanol–water partition coefficient (Wildman–Crippen LogP) is 1.90. The van der Waals surface area contributed by atoms with Crippen molar-refractivity contribution in [3.05, 3.63) is 47.4 Å². The Hall–Kier alpha value is -1.59. The van der Waals surface area contributed by atoms with Gasteiger partial charge >= 0.3 is 0 Å². The number of hydrogen-bond donors (Lipinski definition) is 1. The molecule has 86 valence electrons. The summed E-state index contributed by atoms with van der Waals surface area (Å²) >= 11 is 1.83. The van der Waals surface area contributed by atoms with Crippen LogP contribution in [0.25, 0.3) is 11.8 Å². The molecule has 0 saturated carbocycles. The van der Waals surface area contributed by atoms with Crippen LogP contribution < -0.4 is 5.32 Å². The van der Waals surface area contributed by atoms with Gasteiger partial charge < -0.3 is 5.32 Å². The van der Waals surface area contributed by atoms with Gasteiger partial charge in [0.05, 0.1) is 17.6 Å². The van der Waals surface area contributed by atoms with Crippen LogP contribution in [0.3, 0.4) is 0 Å². The Morgan fingerprint density at radius 3 is 3.18 bits per heavy atom. The summed E-state index contributed by atoms with van der Waals surface area (Å²) in [5, 5.41) is 7.78. The van der Waals surface area contributed by atoms with E-state index in [0.717, 1.165) is 23.8 Å². The molecule has 2 aromatic heterocycles. The van der Waals surface area contributed by atoms with Gasteiger partial charge in [0, 0.05) is 29.7 Å². The number of nitrogens with one attached hydrogen (secondary N) is 1. The lowest BCUT2D eigenvalue weighted by Crippen LogP contribution is -2.04. The van der Waals surface area contributed by atoms with Crippen molar-refractivity contribution in [1.29, 1.82) is 0 Å². The molecule has 3 rings (SSSR count). The monoisotopic (exact) mass is 244 g/mol. The molecule has 4 nitrogen and oxygen atoms in total. The molecule has 1 N–H and O–H groups in total. The van der Waals surface area contributed by atoms with Crippen molar-refractivity contribution in [3.8, 4) is 5.69 Å². The van der Waals surface area contributed by atoms with Crippen LogP contribution in [-0.4, -0.2) is 27.2 Å². The number of nitrogens with zero attached hydrogens (tertiary/aromatic N) is 3. The van der Waals surface area contributed by atoms with Crippen LogP contribution in [-0.2, 0) is 0 Å². The standard InChI is InChI=1S/C12H12N4S/c1-2-11(7-13-4-1)16-5-3-10(15-16)6-12-8-14-9-17-12/h1-7,14H,8-9H2/b12-6-. The Bertz CT molecular complexity index is 524. The molecule has 5 heteroatoms. The molecule has 1 aliphatic rings. The lowest BCUT2D eigenvalue weighted by molar-refractivity contribution is 0.868. The molecule has 0 atom stereocenters. The molecule has 3 heterocycles. The van der Waals surface area contributed by atoms with Crippen molar-refractivity contribution in [2.24, 2.45) is 0 Å². The van der Waals surface area contributed by atoms with Gasteiger partial charge in [-0.2, -0.15) is 5.10 Å². The molecule has 1 saturated heterocycles. The second kappa shape index (κ2) is 4.73. The highest BCUT2D eigenvalue weighted by Crippen LogP contribution is 2.21. The quantitative estimate of drug-likeness (QED) is 0.876. The molecular formula is C12H12N4S. The maximum Gasteiger partial charge on any atom is 0.0863 e. The van der Waals surface area contributed by atoms with Crippen LogP contribution in [0.15, 0.2) is 41.7 Å². The summed E-state index contributed by atoms with van der Waals surface area (Å²) in [7, 11) is 0. The van der Waals surface area contributed by atoms with Gasteiger partial charge in [0.1, 0.15) is 0 Å². The molecule has 0 bridgehead atoms. The first-order valence-electron chi connectivity index (χ1n) is 5.42. The third kappa shape index (κ3) is 2.40. The molecule has 1 aliphatic heterocycles. The largest absolute Gasteiger partial charge is 0.303 e. The lowest BCUT2D eigenvalue weighted by atomic mass is 10.4. The fourth-order valence-electron chi connectivity index (χ4n) is 1.67. The van der Waals surface area contributed by atoms with Gasteiger partial charge in [-0.3, -0.25) is 4.98 Å². The Kier molecular flexibility index (Phi) is 2.94. The van der Waals surface area contributed by atoms with E-state index in [1.807, 2.05) is 40.8 Å². The summed E-state index contributed by atoms with van der Waals surface area (Å²) in [5.74, 6) is 0.995. The normalized spacial score (nSPS) is 17.8. The molecule has 2 aromatic rings. The van der Waals surface area contributed by atoms with Crippen LogP contribution in [0.1, 0.15) is 5.69 Å². The van der Waals surface area contributed by atoms with Gasteiger partial charge in [-0.1, -0.05) is 0 Å². The van der Waals surface area contributed by atoms with E-state index in [1.54, 1.807) is 12.4 Å². The smallest absolute Gasteiger partial charge is 0.0863 e. The van der Waals surface area contributed by atoms with E-state index in [1.165, 1.54) is 4.91 Å². The van der Waals surface area contributed by atoms with E-state index in [2.05, 4.69) is 21.5 Å². The van der Waals surface area contributed by atoms with Gasteiger partial charge in [-0.15, -0.1) is 11.8 Å². The van der Waals surface area contributed by atoms with Crippen molar-refractivity contribution in [2.45, 2.75) is 0 Å². The zero-order chi connectivity index (χ0) is 11.5. The zero-order valence-electron chi connectivity index (χ0n) is 9.21. The van der Waals surface area contributed by atoms with Crippen LogP contribution in [0.2, 0.25) is 0 Å². The number of hydrogen-bond acceptors (Lipinski definition) is 4. The summed E-state index contributed by atoms with van der Waals surface area (Å²) in [6.45, 7) is 0.949. The molecule has 17 heavy (non-hydrogen) atoms. The second-order valence-corrected chi connectivity index (χ2v) is 4.82. The average Bonchev–Trinajstić information content (AvgIpc) is 3.02. The third-order valence-electron chi connectivity index (χ3n) is 2.49. The first kappa shape index (κ1) is 10.6. The lowest BCUT2D eigenvalue weighted by Gasteiger charge is -1.98. The summed E-state index contributed by atoms with van der Waals surface area (Å²) in [5.41, 5.74) is 1.97. The van der Waals surface area contributed by atoms with Crippen molar-refractivity contribution >= 4 is 17.8 Å². The zero-order valence-corrected chi connectivity index (χ0v) is 10.0. The first-order valence-corrected chi connectivity index (χ1v) is 6.40. The molecule has 0 aliphatic carbocycles. The highest BCUT2D eigenvalue weighted by molar-refractivity contribution is 8.03. The van der Waals surface area contributed by atoms with E-state index >= 15 is 0 Å². The SMILES string of the molecule is C(=C1\CNCS1)/c1ccn(-c2cccnc2)n1. The Morgan fingerprint density at radius 1 is 1.41 bits per heavy atom. The first-order chi connectivity index (χ1) is 8.42. The van der Waals surface area contributed by atoms with Crippen LogP contribution in [0, 0.1) is 0 Å². The van der Waals surface area contributed by atoms with Crippen LogP contribution in [0.4, 0.5) is 0 Å². The average molecular weight is 244 g/mol. The summed E-state index contributed by atoms with van der Waals surface area (Å²) < 4.78 is 1.84. The molecular weight excluding hydrogens is 232 g/mol. The van der Waals surface area contributed by atoms with Crippen LogP contribution >= 0.6 is 11.8 Å². The molecule has 0 amide bonds. The minimum absolute atomic E-state index is 0.949. The van der Waals surface area contributed by atoms with Crippen molar-refractivity contribution in [3.63, 3.8) is 0 Å². The van der Waals surface area contributed by atoms with Crippen molar-refractivity contribution in [2.75, 3.05) is 12.4 Å². The van der Waals surface area contributed by atoms with Gasteiger partial charge in [0.25, 0.3) is 0 Å². The van der Waals surface area contributed by atoms with E-state index in [4.69, 9.17) is 0 Å². The Balaban J connectivity index is 1.86. The Labute approximate surface area is 104 Å². The van der Waals surface area contributed by atoms with Gasteiger partial charge in [0.15, 0.2) is 0 Å². The maximum atomic E-state index is 4.50. The number of thioether (sulfide) groups is 1. The van der Waals surface area contributed by atoms with Gasteiger partial charge in [0.2, 0.25) is 0 Å². The van der Waals surface area contributed by atoms with E-state index in [0.29, 0.717) is 0 Å². The predicted molar refractivity (Wildman–Crippen MR) is 69.8 cm³/mol. The van der Waals surface area contributed by atoms with Crippen molar-refractivity contribution in [1.82, 2.24) is 20.1 Å².